The molecule has 1 rings (SSSR count). The van der Waals surface area contributed by atoms with Gasteiger partial charge in [-0.3, -0.25) is 0 Å². The minimum atomic E-state index is 0.718. The molecule has 0 aliphatic heterocycles. The molecule has 1 saturated carbocycles. The van der Waals surface area contributed by atoms with Crippen molar-refractivity contribution in [1.82, 2.24) is 0 Å². The molecule has 1 aliphatic carbocycles. The molecule has 1 nitrogen and oxygen atoms in total. The highest BCUT2D eigenvalue weighted by Crippen LogP contribution is 2.34. The van der Waals surface area contributed by atoms with E-state index in [0.29, 0.717) is 0 Å². The lowest BCUT2D eigenvalue weighted by atomic mass is 10.2. The number of hydrogen-bond donors (Lipinski definition) is 0. The van der Waals surface area contributed by atoms with E-state index in [-0.39, 0.29) is 0 Å². The van der Waals surface area contributed by atoms with Crippen LogP contribution in [-0.4, -0.2) is 6.21 Å². The molecule has 0 amide bonds. The van der Waals surface area contributed by atoms with Crippen LogP contribution in [0.4, 0.5) is 0 Å². The van der Waals surface area contributed by atoms with E-state index >= 15 is 0 Å². The Hall–Kier alpha value is -0.370. The van der Waals surface area contributed by atoms with Gasteiger partial charge in [-0.05, 0) is 47.2 Å². The van der Waals surface area contributed by atoms with Crippen LogP contribution in [0.3, 0.4) is 0 Å². The molecule has 0 unspecified atom stereocenters. The van der Waals surface area contributed by atoms with Gasteiger partial charge in [-0.15, -0.1) is 0 Å². The number of aliphatic imine (C=N–C) groups is 1. The predicted molar refractivity (Wildman–Crippen MR) is 53.0 cm³/mol. The van der Waals surface area contributed by atoms with E-state index in [2.05, 4.69) is 27.5 Å². The lowest BCUT2D eigenvalue weighted by molar-refractivity contribution is 1.09. The van der Waals surface area contributed by atoms with Crippen molar-refractivity contribution in [2.75, 3.05) is 0 Å². The molecule has 0 atom stereocenters. The first-order valence-electron chi connectivity index (χ1n) is 3.78. The van der Waals surface area contributed by atoms with Gasteiger partial charge in [0.05, 0.1) is 0 Å². The van der Waals surface area contributed by atoms with Crippen LogP contribution in [0.25, 0.3) is 0 Å². The Balaban J connectivity index is 2.39. The second kappa shape index (κ2) is 3.86. The first-order valence-corrected chi connectivity index (χ1v) is 4.58. The largest absolute Gasteiger partial charge is 0.249 e. The van der Waals surface area contributed by atoms with E-state index < -0.39 is 0 Å². The van der Waals surface area contributed by atoms with Crippen LogP contribution in [0.5, 0.6) is 0 Å². The van der Waals surface area contributed by atoms with Crippen LogP contribution < -0.4 is 0 Å². The summed E-state index contributed by atoms with van der Waals surface area (Å²) in [7, 11) is 0. The second-order valence-electron chi connectivity index (χ2n) is 2.72. The lowest BCUT2D eigenvalue weighted by Crippen LogP contribution is -1.83. The van der Waals surface area contributed by atoms with Gasteiger partial charge in [-0.25, -0.2) is 4.99 Å². The Morgan fingerprint density at radius 1 is 1.64 bits per heavy atom. The van der Waals surface area contributed by atoms with Gasteiger partial charge in [-0.2, -0.15) is 0 Å². The molecule has 2 heteroatoms. The summed E-state index contributed by atoms with van der Waals surface area (Å²) in [6, 6.07) is 0. The van der Waals surface area contributed by atoms with Crippen LogP contribution in [-0.2, 0) is 0 Å². The van der Waals surface area contributed by atoms with Crippen LogP contribution >= 0.6 is 15.9 Å². The van der Waals surface area contributed by atoms with Gasteiger partial charge in [0.25, 0.3) is 0 Å². The summed E-state index contributed by atoms with van der Waals surface area (Å²) in [5.74, 6) is 0.718. The minimum Gasteiger partial charge on any atom is -0.249 e. The van der Waals surface area contributed by atoms with Crippen molar-refractivity contribution in [3.63, 3.8) is 0 Å². The van der Waals surface area contributed by atoms with Gasteiger partial charge in [0.2, 0.25) is 0 Å². The van der Waals surface area contributed by atoms with Gasteiger partial charge in [0.1, 0.15) is 4.61 Å². The molecule has 0 saturated heterocycles. The fourth-order valence-electron chi connectivity index (χ4n) is 0.779. The Morgan fingerprint density at radius 2 is 2.27 bits per heavy atom. The van der Waals surface area contributed by atoms with E-state index in [1.54, 1.807) is 0 Å². The second-order valence-corrected chi connectivity index (χ2v) is 3.53. The van der Waals surface area contributed by atoms with Crippen LogP contribution in [0, 0.1) is 5.92 Å². The van der Waals surface area contributed by atoms with E-state index in [4.69, 9.17) is 0 Å². The molecule has 0 aromatic rings. The highest BCUT2D eigenvalue weighted by Gasteiger charge is 2.22. The third-order valence-corrected chi connectivity index (χ3v) is 2.36. The van der Waals surface area contributed by atoms with Gasteiger partial charge in [-0.1, -0.05) is 12.7 Å². The van der Waals surface area contributed by atoms with Gasteiger partial charge in [0, 0.05) is 6.21 Å². The maximum atomic E-state index is 4.16. The quantitative estimate of drug-likeness (QED) is 0.505. The Morgan fingerprint density at radius 3 is 2.73 bits per heavy atom. The normalized spacial score (nSPS) is 19.3. The summed E-state index contributed by atoms with van der Waals surface area (Å²) in [5, 5.41) is 0. The molecule has 11 heavy (non-hydrogen) atoms. The zero-order valence-electron chi connectivity index (χ0n) is 6.68. The summed E-state index contributed by atoms with van der Waals surface area (Å²) in [4.78, 5) is 4.16. The number of rotatable bonds is 3. The maximum absolute atomic E-state index is 4.16. The first-order chi connectivity index (χ1) is 5.24. The van der Waals surface area contributed by atoms with Crippen LogP contribution in [0.1, 0.15) is 19.8 Å². The summed E-state index contributed by atoms with van der Waals surface area (Å²) in [6.45, 7) is 5.87. The van der Waals surface area contributed by atoms with Gasteiger partial charge < -0.3 is 0 Å². The molecule has 0 aromatic carbocycles. The smallest absolute Gasteiger partial charge is 0.101 e. The number of hydrogen-bond acceptors (Lipinski definition) is 1. The molecule has 0 bridgehead atoms. The fourth-order valence-corrected chi connectivity index (χ4v) is 0.881. The zero-order chi connectivity index (χ0) is 8.27. The Bertz CT molecular complexity index is 212. The molecule has 0 N–H and O–H groups in total. The summed E-state index contributed by atoms with van der Waals surface area (Å²) < 4.78 is 0.874. The van der Waals surface area contributed by atoms with Crippen molar-refractivity contribution >= 4 is 22.1 Å². The van der Waals surface area contributed by atoms with Crippen molar-refractivity contribution in [1.29, 1.82) is 0 Å². The lowest BCUT2D eigenvalue weighted by Gasteiger charge is -1.91. The van der Waals surface area contributed by atoms with Crippen LogP contribution in [0.15, 0.2) is 27.8 Å². The van der Waals surface area contributed by atoms with E-state index in [9.17, 15) is 0 Å². The van der Waals surface area contributed by atoms with Crippen molar-refractivity contribution in [2.24, 2.45) is 10.9 Å². The molecule has 0 aromatic heterocycles. The van der Waals surface area contributed by atoms with Gasteiger partial charge in [0.15, 0.2) is 0 Å². The fraction of sp³-hybridized carbons (Fsp3) is 0.444. The maximum Gasteiger partial charge on any atom is 0.101 e. The van der Waals surface area contributed by atoms with Crippen LogP contribution in [0.2, 0.25) is 0 Å². The van der Waals surface area contributed by atoms with Crippen molar-refractivity contribution in [2.45, 2.75) is 19.8 Å². The summed E-state index contributed by atoms with van der Waals surface area (Å²) in [6.07, 6.45) is 6.34. The highest BCUT2D eigenvalue weighted by molar-refractivity contribution is 9.11. The van der Waals surface area contributed by atoms with Crippen molar-refractivity contribution in [3.8, 4) is 0 Å². The monoisotopic (exact) mass is 213 g/mol. The standard InChI is InChI=1S/C9H12BrN/c1-3-9(10)11-6-7(2)8-4-5-8/h3,6,8H,2,4-5H2,1H3/b9-3-,11-6?. The number of halogens is 1. The summed E-state index contributed by atoms with van der Waals surface area (Å²) in [5.41, 5.74) is 1.16. The SMILES string of the molecule is C=C(C=N/C(Br)=C\C)C1CC1. The van der Waals surface area contributed by atoms with Gasteiger partial charge >= 0.3 is 0 Å². The average Bonchev–Trinajstić information content (AvgIpc) is 2.81. The molecule has 0 heterocycles. The van der Waals surface area contributed by atoms with E-state index in [0.717, 1.165) is 16.1 Å². The Labute approximate surface area is 76.0 Å². The molecule has 1 aliphatic rings. The topological polar surface area (TPSA) is 12.4 Å². The molecule has 1 fully saturated rings. The summed E-state index contributed by atoms with van der Waals surface area (Å²) >= 11 is 3.30. The molecular weight excluding hydrogens is 202 g/mol. The predicted octanol–water partition coefficient (Wildman–Crippen LogP) is 3.28. The third-order valence-electron chi connectivity index (χ3n) is 1.69. The number of allylic oxidation sites excluding steroid dienone is 2. The van der Waals surface area contributed by atoms with Crippen molar-refractivity contribution in [3.05, 3.63) is 22.8 Å². The molecular formula is C9H12BrN. The minimum absolute atomic E-state index is 0.718. The zero-order valence-corrected chi connectivity index (χ0v) is 8.26. The Kier molecular flexibility index (Phi) is 3.06. The third kappa shape index (κ3) is 3.02. The number of nitrogens with zero attached hydrogens (tertiary/aromatic N) is 1. The highest BCUT2D eigenvalue weighted by atomic mass is 79.9. The molecule has 0 spiro atoms. The molecule has 0 radical (unpaired) electrons. The van der Waals surface area contributed by atoms with Crippen molar-refractivity contribution < 1.29 is 0 Å². The van der Waals surface area contributed by atoms with E-state index in [1.807, 2.05) is 19.2 Å². The van der Waals surface area contributed by atoms with E-state index in [1.165, 1.54) is 12.8 Å². The first kappa shape index (κ1) is 8.72. The average molecular weight is 214 g/mol. The molecule has 60 valence electrons.